The van der Waals surface area contributed by atoms with Crippen molar-refractivity contribution in [3.05, 3.63) is 71.5 Å². The van der Waals surface area contributed by atoms with Gasteiger partial charge in [0.05, 0.1) is 0 Å². The first-order valence-electron chi connectivity index (χ1n) is 11.0. The smallest absolute Gasteiger partial charge is 0.250 e. The molecule has 1 aliphatic heterocycles. The Kier molecular flexibility index (Phi) is 6.46. The number of hydrogen-bond donors (Lipinski definition) is 0. The van der Waals surface area contributed by atoms with Crippen LogP contribution < -0.4 is 0 Å². The van der Waals surface area contributed by atoms with Crippen LogP contribution in [0, 0.1) is 5.82 Å². The van der Waals surface area contributed by atoms with Crippen molar-refractivity contribution in [2.24, 2.45) is 0 Å². The van der Waals surface area contributed by atoms with Crippen LogP contribution in [0.25, 0.3) is 0 Å². The molecule has 5 heteroatoms. The van der Waals surface area contributed by atoms with E-state index in [1.165, 1.54) is 18.9 Å². The van der Waals surface area contributed by atoms with Crippen molar-refractivity contribution in [3.8, 4) is 0 Å². The van der Waals surface area contributed by atoms with Crippen LogP contribution in [0.3, 0.4) is 0 Å². The number of carbonyl (C=O) groups excluding carboxylic acids is 2. The average Bonchev–Trinajstić information content (AvgIpc) is 3.05. The van der Waals surface area contributed by atoms with Crippen molar-refractivity contribution >= 4 is 11.8 Å². The molecule has 0 spiro atoms. The lowest BCUT2D eigenvalue weighted by atomic mass is 9.96. The summed E-state index contributed by atoms with van der Waals surface area (Å²) in [4.78, 5) is 30.2. The maximum Gasteiger partial charge on any atom is 0.250 e. The summed E-state index contributed by atoms with van der Waals surface area (Å²) in [6.07, 6.45) is 6.97. The van der Waals surface area contributed by atoms with Gasteiger partial charge in [0.25, 0.3) is 5.91 Å². The summed E-state index contributed by atoms with van der Waals surface area (Å²) in [7, 11) is 0. The molecule has 0 radical (unpaired) electrons. The van der Waals surface area contributed by atoms with E-state index in [1.807, 2.05) is 30.3 Å². The Labute approximate surface area is 177 Å². The van der Waals surface area contributed by atoms with E-state index in [1.54, 1.807) is 28.0 Å². The zero-order valence-corrected chi connectivity index (χ0v) is 17.3. The molecule has 1 heterocycles. The first kappa shape index (κ1) is 20.6. The Morgan fingerprint density at radius 3 is 2.23 bits per heavy atom. The van der Waals surface area contributed by atoms with E-state index < -0.39 is 11.9 Å². The average molecular weight is 409 g/mol. The summed E-state index contributed by atoms with van der Waals surface area (Å²) in [5.41, 5.74) is 1.39. The van der Waals surface area contributed by atoms with Crippen molar-refractivity contribution in [3.63, 3.8) is 0 Å². The van der Waals surface area contributed by atoms with Gasteiger partial charge in [-0.25, -0.2) is 4.39 Å². The van der Waals surface area contributed by atoms with Gasteiger partial charge < -0.3 is 9.80 Å². The summed E-state index contributed by atoms with van der Waals surface area (Å²) in [5.74, 6) is -0.668. The quantitative estimate of drug-likeness (QED) is 0.684. The monoisotopic (exact) mass is 408 g/mol. The molecule has 4 rings (SSSR count). The van der Waals surface area contributed by atoms with Gasteiger partial charge in [-0.05, 0) is 30.9 Å². The molecule has 0 bridgehead atoms. The first-order chi connectivity index (χ1) is 14.6. The highest BCUT2D eigenvalue weighted by Crippen LogP contribution is 2.33. The van der Waals surface area contributed by atoms with Crippen molar-refractivity contribution in [1.82, 2.24) is 9.80 Å². The molecule has 2 aromatic rings. The van der Waals surface area contributed by atoms with Crippen LogP contribution in [-0.2, 0) is 16.0 Å². The summed E-state index contributed by atoms with van der Waals surface area (Å²) in [5, 5.41) is 0. The van der Waals surface area contributed by atoms with Gasteiger partial charge >= 0.3 is 0 Å². The van der Waals surface area contributed by atoms with E-state index in [2.05, 4.69) is 0 Å². The topological polar surface area (TPSA) is 40.6 Å². The van der Waals surface area contributed by atoms with Gasteiger partial charge in [0, 0.05) is 18.2 Å². The van der Waals surface area contributed by atoms with Crippen LogP contribution in [0.15, 0.2) is 54.6 Å². The third kappa shape index (κ3) is 4.40. The largest absolute Gasteiger partial charge is 0.328 e. The van der Waals surface area contributed by atoms with E-state index in [0.717, 1.165) is 31.2 Å². The summed E-state index contributed by atoms with van der Waals surface area (Å²) in [6.45, 7) is 0.495. The van der Waals surface area contributed by atoms with Gasteiger partial charge in [0.1, 0.15) is 18.4 Å². The molecule has 1 saturated carbocycles. The normalized spacial score (nSPS) is 21.0. The molecule has 1 atom stereocenters. The van der Waals surface area contributed by atoms with Crippen LogP contribution in [0.4, 0.5) is 4.39 Å². The molecule has 4 nitrogen and oxygen atoms in total. The fraction of sp³-hybridized carbons (Fsp3) is 0.440. The first-order valence-corrected chi connectivity index (χ1v) is 11.0. The van der Waals surface area contributed by atoms with E-state index in [0.29, 0.717) is 18.5 Å². The maximum absolute atomic E-state index is 14.7. The van der Waals surface area contributed by atoms with E-state index >= 15 is 0 Å². The van der Waals surface area contributed by atoms with Crippen molar-refractivity contribution in [2.45, 2.75) is 57.0 Å². The molecule has 2 aliphatic rings. The highest BCUT2D eigenvalue weighted by atomic mass is 19.1. The van der Waals surface area contributed by atoms with E-state index in [9.17, 15) is 14.0 Å². The van der Waals surface area contributed by atoms with Gasteiger partial charge in [-0.1, -0.05) is 74.2 Å². The lowest BCUT2D eigenvalue weighted by Crippen LogP contribution is -2.58. The lowest BCUT2D eigenvalue weighted by molar-refractivity contribution is -0.159. The minimum Gasteiger partial charge on any atom is -0.328 e. The van der Waals surface area contributed by atoms with Gasteiger partial charge in [-0.2, -0.15) is 0 Å². The zero-order valence-electron chi connectivity index (χ0n) is 17.3. The molecule has 0 aromatic heterocycles. The van der Waals surface area contributed by atoms with Gasteiger partial charge in [-0.3, -0.25) is 9.59 Å². The molecular weight excluding hydrogens is 379 g/mol. The fourth-order valence-electron chi connectivity index (χ4n) is 4.77. The Morgan fingerprint density at radius 1 is 0.867 bits per heavy atom. The molecule has 2 amide bonds. The fourth-order valence-corrected chi connectivity index (χ4v) is 4.77. The standard InChI is InChI=1S/C25H29FN2O2/c26-22-15-9-8-14-21(22)24-25(30)28(20-12-6-1-2-7-13-20)18-23(29)27(24)17-16-19-10-4-3-5-11-19/h3-5,8-11,14-15,20,24H,1-2,6-7,12-13,16-18H2. The third-order valence-electron chi connectivity index (χ3n) is 6.40. The molecule has 1 unspecified atom stereocenters. The van der Waals surface area contributed by atoms with E-state index in [-0.39, 0.29) is 24.4 Å². The third-order valence-corrected chi connectivity index (χ3v) is 6.40. The van der Waals surface area contributed by atoms with Crippen LogP contribution in [0.2, 0.25) is 0 Å². The second-order valence-corrected chi connectivity index (χ2v) is 8.36. The summed E-state index contributed by atoms with van der Waals surface area (Å²) >= 11 is 0. The number of carbonyl (C=O) groups is 2. The summed E-state index contributed by atoms with van der Waals surface area (Å²) < 4.78 is 14.7. The van der Waals surface area contributed by atoms with E-state index in [4.69, 9.17) is 0 Å². The highest BCUT2D eigenvalue weighted by molar-refractivity contribution is 5.95. The molecule has 158 valence electrons. The Morgan fingerprint density at radius 2 is 1.53 bits per heavy atom. The SMILES string of the molecule is O=C1C(c2ccccc2F)N(CCc2ccccc2)C(=O)CN1C1CCCCCC1. The number of benzene rings is 2. The van der Waals surface area contributed by atoms with Crippen molar-refractivity contribution < 1.29 is 14.0 Å². The van der Waals surface area contributed by atoms with Gasteiger partial charge in [-0.15, -0.1) is 0 Å². The number of rotatable bonds is 5. The Bertz CT molecular complexity index is 878. The molecule has 1 aliphatic carbocycles. The second kappa shape index (κ2) is 9.41. The Hall–Kier alpha value is -2.69. The van der Waals surface area contributed by atoms with Crippen LogP contribution >= 0.6 is 0 Å². The Balaban J connectivity index is 1.62. The lowest BCUT2D eigenvalue weighted by Gasteiger charge is -2.43. The molecule has 2 fully saturated rings. The predicted molar refractivity (Wildman–Crippen MR) is 114 cm³/mol. The summed E-state index contributed by atoms with van der Waals surface area (Å²) in [6, 6.07) is 15.4. The van der Waals surface area contributed by atoms with Crippen LogP contribution in [0.5, 0.6) is 0 Å². The predicted octanol–water partition coefficient (Wildman–Crippen LogP) is 4.50. The van der Waals surface area contributed by atoms with Crippen molar-refractivity contribution in [2.75, 3.05) is 13.1 Å². The maximum atomic E-state index is 14.7. The number of amides is 2. The molecule has 1 saturated heterocycles. The minimum absolute atomic E-state index is 0.0782. The van der Waals surface area contributed by atoms with Gasteiger partial charge in [0.2, 0.25) is 5.91 Å². The van der Waals surface area contributed by atoms with Crippen LogP contribution in [-0.4, -0.2) is 40.7 Å². The number of piperazine rings is 1. The van der Waals surface area contributed by atoms with Gasteiger partial charge in [0.15, 0.2) is 0 Å². The number of nitrogens with zero attached hydrogens (tertiary/aromatic N) is 2. The molecule has 2 aromatic carbocycles. The number of hydrogen-bond acceptors (Lipinski definition) is 2. The van der Waals surface area contributed by atoms with Crippen LogP contribution in [0.1, 0.15) is 55.7 Å². The van der Waals surface area contributed by atoms with Crippen molar-refractivity contribution in [1.29, 1.82) is 0 Å². The highest BCUT2D eigenvalue weighted by Gasteiger charge is 2.43. The second-order valence-electron chi connectivity index (χ2n) is 8.36. The minimum atomic E-state index is -0.889. The number of halogens is 1. The molecule has 30 heavy (non-hydrogen) atoms. The molecule has 0 N–H and O–H groups in total. The zero-order chi connectivity index (χ0) is 20.9. The molecular formula is C25H29FN2O2.